The summed E-state index contributed by atoms with van der Waals surface area (Å²) in [5.74, 6) is 0.722. The Morgan fingerprint density at radius 1 is 1.08 bits per heavy atom. The Hall–Kier alpha value is -3.15. The minimum Gasteiger partial charge on any atom is -0.497 e. The number of carbonyl (C=O) groups excluding carboxylic acids is 1. The van der Waals surface area contributed by atoms with Crippen LogP contribution in [-0.4, -0.2) is 29.8 Å². The van der Waals surface area contributed by atoms with Crippen molar-refractivity contribution in [3.63, 3.8) is 0 Å². The number of amides is 1. The molecule has 0 aliphatic rings. The number of aromatic nitrogens is 2. The summed E-state index contributed by atoms with van der Waals surface area (Å²) >= 11 is 0. The van der Waals surface area contributed by atoms with Crippen molar-refractivity contribution in [2.24, 2.45) is 0 Å². The third-order valence-corrected chi connectivity index (χ3v) is 3.50. The molecule has 24 heavy (non-hydrogen) atoms. The van der Waals surface area contributed by atoms with Crippen molar-refractivity contribution in [3.05, 3.63) is 66.1 Å². The van der Waals surface area contributed by atoms with Crippen LogP contribution in [0.2, 0.25) is 0 Å². The number of hydrogen-bond acceptors (Lipinski definition) is 5. The van der Waals surface area contributed by atoms with Gasteiger partial charge < -0.3 is 14.5 Å². The predicted molar refractivity (Wildman–Crippen MR) is 88.8 cm³/mol. The average molecular weight is 323 g/mol. The number of nitrogens with one attached hydrogen (secondary N) is 1. The van der Waals surface area contributed by atoms with E-state index in [2.05, 4.69) is 15.5 Å². The van der Waals surface area contributed by atoms with Crippen LogP contribution in [0.4, 0.5) is 0 Å². The number of methoxy groups -OCH3 is 1. The molecule has 0 bridgehead atoms. The Bertz CT molecular complexity index is 798. The summed E-state index contributed by atoms with van der Waals surface area (Å²) in [6, 6.07) is 17.0. The second-order valence-corrected chi connectivity index (χ2v) is 5.13. The van der Waals surface area contributed by atoms with E-state index < -0.39 is 0 Å². The fourth-order valence-electron chi connectivity index (χ4n) is 2.20. The molecule has 3 aromatic rings. The van der Waals surface area contributed by atoms with Crippen molar-refractivity contribution < 1.29 is 13.9 Å². The fourth-order valence-corrected chi connectivity index (χ4v) is 2.20. The standard InChI is InChI=1S/C18H17N3O3/c1-23-15-9-7-13(8-10-15)11-12-19-16(22)18-21-20-17(24-18)14-5-3-2-4-6-14/h2-10H,11-12H2,1H3,(H,19,22). The molecule has 1 aromatic heterocycles. The number of hydrogen-bond donors (Lipinski definition) is 1. The first-order valence-corrected chi connectivity index (χ1v) is 7.56. The van der Waals surface area contributed by atoms with Gasteiger partial charge in [-0.25, -0.2) is 0 Å². The Labute approximate surface area is 139 Å². The van der Waals surface area contributed by atoms with Crippen molar-refractivity contribution in [2.45, 2.75) is 6.42 Å². The van der Waals surface area contributed by atoms with E-state index in [4.69, 9.17) is 9.15 Å². The van der Waals surface area contributed by atoms with Crippen molar-refractivity contribution >= 4 is 5.91 Å². The molecule has 0 fully saturated rings. The summed E-state index contributed by atoms with van der Waals surface area (Å²) in [5, 5.41) is 10.5. The van der Waals surface area contributed by atoms with Crippen LogP contribution in [0.25, 0.3) is 11.5 Å². The molecule has 1 heterocycles. The highest BCUT2D eigenvalue weighted by Crippen LogP contribution is 2.16. The molecule has 0 saturated heterocycles. The molecule has 0 radical (unpaired) electrons. The van der Waals surface area contributed by atoms with E-state index in [1.54, 1.807) is 7.11 Å². The molecule has 122 valence electrons. The Morgan fingerprint density at radius 3 is 2.54 bits per heavy atom. The molecule has 0 saturated carbocycles. The van der Waals surface area contributed by atoms with Gasteiger partial charge in [0.05, 0.1) is 7.11 Å². The molecule has 2 aromatic carbocycles. The van der Waals surface area contributed by atoms with Gasteiger partial charge in [-0.3, -0.25) is 4.79 Å². The van der Waals surface area contributed by atoms with E-state index in [9.17, 15) is 4.79 Å². The molecule has 0 atom stereocenters. The van der Waals surface area contributed by atoms with Gasteiger partial charge in [-0.05, 0) is 36.2 Å². The van der Waals surface area contributed by atoms with Crippen LogP contribution >= 0.6 is 0 Å². The minimum atomic E-state index is -0.377. The van der Waals surface area contributed by atoms with Gasteiger partial charge in [0.25, 0.3) is 0 Å². The largest absolute Gasteiger partial charge is 0.497 e. The lowest BCUT2D eigenvalue weighted by atomic mass is 10.1. The van der Waals surface area contributed by atoms with E-state index in [-0.39, 0.29) is 11.8 Å². The van der Waals surface area contributed by atoms with E-state index in [0.29, 0.717) is 18.9 Å². The Balaban J connectivity index is 1.54. The number of carbonyl (C=O) groups is 1. The third kappa shape index (κ3) is 3.78. The second kappa shape index (κ2) is 7.41. The maximum Gasteiger partial charge on any atom is 0.308 e. The molecular formula is C18H17N3O3. The summed E-state index contributed by atoms with van der Waals surface area (Å²) in [7, 11) is 1.63. The first-order chi connectivity index (χ1) is 11.8. The normalized spacial score (nSPS) is 10.4. The first kappa shape index (κ1) is 15.7. The highest BCUT2D eigenvalue weighted by Gasteiger charge is 2.15. The monoisotopic (exact) mass is 323 g/mol. The second-order valence-electron chi connectivity index (χ2n) is 5.13. The number of nitrogens with zero attached hydrogens (tertiary/aromatic N) is 2. The average Bonchev–Trinajstić information content (AvgIpc) is 3.13. The van der Waals surface area contributed by atoms with Gasteiger partial charge >= 0.3 is 11.8 Å². The predicted octanol–water partition coefficient (Wildman–Crippen LogP) is 2.72. The Morgan fingerprint density at radius 2 is 1.83 bits per heavy atom. The summed E-state index contributed by atoms with van der Waals surface area (Å²) in [5.41, 5.74) is 1.88. The lowest BCUT2D eigenvalue weighted by Crippen LogP contribution is -2.26. The molecule has 0 spiro atoms. The summed E-state index contributed by atoms with van der Waals surface area (Å²) in [6.07, 6.45) is 0.704. The highest BCUT2D eigenvalue weighted by atomic mass is 16.5. The van der Waals surface area contributed by atoms with Crippen LogP contribution in [0.1, 0.15) is 16.2 Å². The van der Waals surface area contributed by atoms with Crippen molar-refractivity contribution in [1.82, 2.24) is 15.5 Å². The molecule has 0 unspecified atom stereocenters. The zero-order valence-corrected chi connectivity index (χ0v) is 13.2. The smallest absolute Gasteiger partial charge is 0.308 e. The van der Waals surface area contributed by atoms with Crippen LogP contribution in [0.5, 0.6) is 5.75 Å². The van der Waals surface area contributed by atoms with E-state index >= 15 is 0 Å². The number of ether oxygens (including phenoxy) is 1. The van der Waals surface area contributed by atoms with Crippen molar-refractivity contribution in [3.8, 4) is 17.2 Å². The summed E-state index contributed by atoms with van der Waals surface area (Å²) < 4.78 is 10.5. The lowest BCUT2D eigenvalue weighted by molar-refractivity contribution is 0.0920. The molecular weight excluding hydrogens is 306 g/mol. The third-order valence-electron chi connectivity index (χ3n) is 3.50. The number of rotatable bonds is 6. The zero-order chi connectivity index (χ0) is 16.8. The van der Waals surface area contributed by atoms with Crippen molar-refractivity contribution in [2.75, 3.05) is 13.7 Å². The van der Waals surface area contributed by atoms with Crippen LogP contribution in [0.15, 0.2) is 59.0 Å². The van der Waals surface area contributed by atoms with E-state index in [1.807, 2.05) is 54.6 Å². The zero-order valence-electron chi connectivity index (χ0n) is 13.2. The maximum atomic E-state index is 12.1. The maximum absolute atomic E-state index is 12.1. The molecule has 1 amide bonds. The molecule has 0 aliphatic heterocycles. The molecule has 6 heteroatoms. The van der Waals surface area contributed by atoms with Gasteiger partial charge in [-0.15, -0.1) is 10.2 Å². The van der Waals surface area contributed by atoms with Gasteiger partial charge in [0, 0.05) is 12.1 Å². The van der Waals surface area contributed by atoms with E-state index in [0.717, 1.165) is 16.9 Å². The molecule has 6 nitrogen and oxygen atoms in total. The lowest BCUT2D eigenvalue weighted by Gasteiger charge is -2.04. The summed E-state index contributed by atoms with van der Waals surface area (Å²) in [4.78, 5) is 12.1. The molecule has 1 N–H and O–H groups in total. The van der Waals surface area contributed by atoms with Gasteiger partial charge in [0.1, 0.15) is 5.75 Å². The van der Waals surface area contributed by atoms with Crippen molar-refractivity contribution in [1.29, 1.82) is 0 Å². The van der Waals surface area contributed by atoms with Crippen LogP contribution in [-0.2, 0) is 6.42 Å². The SMILES string of the molecule is COc1ccc(CCNC(=O)c2nnc(-c3ccccc3)o2)cc1. The van der Waals surface area contributed by atoms with Gasteiger partial charge in [0.2, 0.25) is 5.89 Å². The van der Waals surface area contributed by atoms with Crippen LogP contribution in [0.3, 0.4) is 0 Å². The van der Waals surface area contributed by atoms with Gasteiger partial charge in [0.15, 0.2) is 0 Å². The fraction of sp³-hybridized carbons (Fsp3) is 0.167. The topological polar surface area (TPSA) is 77.2 Å². The molecule has 0 aliphatic carbocycles. The first-order valence-electron chi connectivity index (χ1n) is 7.56. The van der Waals surface area contributed by atoms with Gasteiger partial charge in [-0.2, -0.15) is 0 Å². The molecule has 3 rings (SSSR count). The van der Waals surface area contributed by atoms with Crippen LogP contribution < -0.4 is 10.1 Å². The van der Waals surface area contributed by atoms with Gasteiger partial charge in [-0.1, -0.05) is 30.3 Å². The summed E-state index contributed by atoms with van der Waals surface area (Å²) in [6.45, 7) is 0.480. The van der Waals surface area contributed by atoms with Crippen LogP contribution in [0, 0.1) is 0 Å². The minimum absolute atomic E-state index is 0.0383. The van der Waals surface area contributed by atoms with E-state index in [1.165, 1.54) is 0 Å². The Kier molecular flexibility index (Phi) is 4.86. The quantitative estimate of drug-likeness (QED) is 0.755. The highest BCUT2D eigenvalue weighted by molar-refractivity contribution is 5.89. The number of benzene rings is 2.